The SMILES string of the molecule is CN(Cc1ccc(Br)cc1)C(=O)CC1CC2CCC(C1)N2.Cl. The molecule has 2 fully saturated rings. The summed E-state index contributed by atoms with van der Waals surface area (Å²) in [6.45, 7) is 0.698. The van der Waals surface area contributed by atoms with Gasteiger partial charge in [-0.1, -0.05) is 28.1 Å². The largest absolute Gasteiger partial charge is 0.341 e. The molecule has 1 aromatic rings. The first-order chi connectivity index (χ1) is 10.1. The van der Waals surface area contributed by atoms with Gasteiger partial charge < -0.3 is 10.2 Å². The summed E-state index contributed by atoms with van der Waals surface area (Å²) < 4.78 is 1.07. The highest BCUT2D eigenvalue weighted by atomic mass is 79.9. The molecule has 2 bridgehead atoms. The zero-order chi connectivity index (χ0) is 14.8. The third-order valence-corrected chi connectivity index (χ3v) is 5.32. The van der Waals surface area contributed by atoms with E-state index in [1.165, 1.54) is 31.2 Å². The van der Waals surface area contributed by atoms with E-state index in [1.807, 2.05) is 24.1 Å². The van der Waals surface area contributed by atoms with E-state index >= 15 is 0 Å². The van der Waals surface area contributed by atoms with Crippen molar-refractivity contribution >= 4 is 34.2 Å². The molecule has 1 aromatic carbocycles. The van der Waals surface area contributed by atoms with E-state index < -0.39 is 0 Å². The van der Waals surface area contributed by atoms with Crippen LogP contribution in [-0.4, -0.2) is 29.9 Å². The maximum Gasteiger partial charge on any atom is 0.222 e. The Morgan fingerprint density at radius 3 is 2.41 bits per heavy atom. The van der Waals surface area contributed by atoms with Crippen LogP contribution < -0.4 is 5.32 Å². The predicted molar refractivity (Wildman–Crippen MR) is 95.2 cm³/mol. The standard InChI is InChI=1S/C17H23BrN2O.ClH/c1-20(11-12-2-4-14(18)5-3-12)17(21)10-13-8-15-6-7-16(9-13)19-15;/h2-5,13,15-16,19H,6-11H2,1H3;1H. The van der Waals surface area contributed by atoms with Crippen LogP contribution in [0.2, 0.25) is 0 Å². The molecule has 0 aromatic heterocycles. The normalized spacial score (nSPS) is 26.4. The molecule has 1 amide bonds. The number of rotatable bonds is 4. The Kier molecular flexibility index (Phi) is 6.30. The molecule has 0 radical (unpaired) electrons. The Morgan fingerprint density at radius 2 is 1.82 bits per heavy atom. The van der Waals surface area contributed by atoms with Crippen molar-refractivity contribution in [3.8, 4) is 0 Å². The number of hydrogen-bond donors (Lipinski definition) is 1. The molecule has 2 heterocycles. The first-order valence-corrected chi connectivity index (χ1v) is 8.64. The van der Waals surface area contributed by atoms with Crippen LogP contribution in [0, 0.1) is 5.92 Å². The van der Waals surface area contributed by atoms with E-state index in [1.54, 1.807) is 0 Å². The van der Waals surface area contributed by atoms with Crippen LogP contribution in [-0.2, 0) is 11.3 Å². The van der Waals surface area contributed by atoms with E-state index in [4.69, 9.17) is 0 Å². The van der Waals surface area contributed by atoms with E-state index in [2.05, 4.69) is 33.4 Å². The summed E-state index contributed by atoms with van der Waals surface area (Å²) >= 11 is 3.44. The molecule has 2 saturated heterocycles. The zero-order valence-electron chi connectivity index (χ0n) is 12.9. The van der Waals surface area contributed by atoms with Gasteiger partial charge in [-0.25, -0.2) is 0 Å². The minimum Gasteiger partial charge on any atom is -0.341 e. The molecule has 0 spiro atoms. The molecule has 2 aliphatic heterocycles. The average molecular weight is 388 g/mol. The minimum absolute atomic E-state index is 0. The number of amides is 1. The van der Waals surface area contributed by atoms with Crippen LogP contribution in [0.15, 0.2) is 28.7 Å². The number of nitrogens with one attached hydrogen (secondary N) is 1. The second-order valence-electron chi connectivity index (χ2n) is 6.56. The minimum atomic E-state index is 0. The van der Waals surface area contributed by atoms with E-state index in [0.29, 0.717) is 31.0 Å². The monoisotopic (exact) mass is 386 g/mol. The second-order valence-corrected chi connectivity index (χ2v) is 7.47. The van der Waals surface area contributed by atoms with Crippen LogP contribution in [0.25, 0.3) is 0 Å². The van der Waals surface area contributed by atoms with Gasteiger partial charge >= 0.3 is 0 Å². The van der Waals surface area contributed by atoms with Gasteiger partial charge in [0.2, 0.25) is 5.91 Å². The molecule has 5 heteroatoms. The van der Waals surface area contributed by atoms with E-state index in [0.717, 1.165) is 4.47 Å². The van der Waals surface area contributed by atoms with Crippen molar-refractivity contribution in [2.45, 2.75) is 50.7 Å². The molecular formula is C17H24BrClN2O. The van der Waals surface area contributed by atoms with Crippen molar-refractivity contribution in [1.82, 2.24) is 10.2 Å². The van der Waals surface area contributed by atoms with Gasteiger partial charge in [0.25, 0.3) is 0 Å². The number of nitrogens with zero attached hydrogens (tertiary/aromatic N) is 1. The molecule has 122 valence electrons. The maximum absolute atomic E-state index is 12.4. The fourth-order valence-electron chi connectivity index (χ4n) is 3.70. The summed E-state index contributed by atoms with van der Waals surface area (Å²) in [5.74, 6) is 0.854. The highest BCUT2D eigenvalue weighted by Crippen LogP contribution is 2.33. The number of halogens is 2. The number of piperidine rings is 1. The van der Waals surface area contributed by atoms with Gasteiger partial charge in [0.1, 0.15) is 0 Å². The molecular weight excluding hydrogens is 364 g/mol. The number of hydrogen-bond acceptors (Lipinski definition) is 2. The Morgan fingerprint density at radius 1 is 1.23 bits per heavy atom. The predicted octanol–water partition coefficient (Wildman–Crippen LogP) is 3.75. The average Bonchev–Trinajstić information content (AvgIpc) is 2.80. The summed E-state index contributed by atoms with van der Waals surface area (Å²) in [4.78, 5) is 14.3. The van der Waals surface area contributed by atoms with E-state index in [-0.39, 0.29) is 18.3 Å². The lowest BCUT2D eigenvalue weighted by Gasteiger charge is -2.30. The van der Waals surface area contributed by atoms with Gasteiger partial charge in [-0.15, -0.1) is 12.4 Å². The van der Waals surface area contributed by atoms with Gasteiger partial charge in [0.15, 0.2) is 0 Å². The molecule has 2 aliphatic rings. The van der Waals surface area contributed by atoms with Crippen molar-refractivity contribution in [1.29, 1.82) is 0 Å². The van der Waals surface area contributed by atoms with Gasteiger partial charge in [0, 0.05) is 36.6 Å². The highest BCUT2D eigenvalue weighted by Gasteiger charge is 2.34. The zero-order valence-corrected chi connectivity index (χ0v) is 15.3. The van der Waals surface area contributed by atoms with E-state index in [9.17, 15) is 4.79 Å². The smallest absolute Gasteiger partial charge is 0.222 e. The molecule has 3 nitrogen and oxygen atoms in total. The Hall–Kier alpha value is -0.580. The Balaban J connectivity index is 0.00000176. The van der Waals surface area contributed by atoms with Crippen LogP contribution in [0.4, 0.5) is 0 Å². The molecule has 0 saturated carbocycles. The highest BCUT2D eigenvalue weighted by molar-refractivity contribution is 9.10. The molecule has 3 rings (SSSR count). The fraction of sp³-hybridized carbons (Fsp3) is 0.588. The first kappa shape index (κ1) is 17.8. The van der Waals surface area contributed by atoms with Crippen LogP contribution in [0.3, 0.4) is 0 Å². The summed E-state index contributed by atoms with van der Waals surface area (Å²) in [7, 11) is 1.92. The summed E-state index contributed by atoms with van der Waals surface area (Å²) in [6, 6.07) is 9.52. The number of carbonyl (C=O) groups excluding carboxylic acids is 1. The summed E-state index contributed by atoms with van der Waals surface area (Å²) in [5.41, 5.74) is 1.18. The third-order valence-electron chi connectivity index (χ3n) is 4.79. The lowest BCUT2D eigenvalue weighted by Crippen LogP contribution is -2.39. The Labute approximate surface area is 147 Å². The number of fused-ring (bicyclic) bond motifs is 2. The number of carbonyl (C=O) groups is 1. The first-order valence-electron chi connectivity index (χ1n) is 7.84. The van der Waals surface area contributed by atoms with Gasteiger partial charge in [-0.05, 0) is 49.3 Å². The molecule has 2 atom stereocenters. The summed E-state index contributed by atoms with van der Waals surface area (Å²) in [5, 5.41) is 3.64. The summed E-state index contributed by atoms with van der Waals surface area (Å²) in [6.07, 6.45) is 5.65. The van der Waals surface area contributed by atoms with Crippen molar-refractivity contribution in [3.63, 3.8) is 0 Å². The molecule has 22 heavy (non-hydrogen) atoms. The molecule has 1 N–H and O–H groups in total. The van der Waals surface area contributed by atoms with Gasteiger partial charge in [0.05, 0.1) is 0 Å². The van der Waals surface area contributed by atoms with Crippen molar-refractivity contribution in [2.24, 2.45) is 5.92 Å². The fourth-order valence-corrected chi connectivity index (χ4v) is 3.96. The lowest BCUT2D eigenvalue weighted by molar-refractivity contribution is -0.131. The van der Waals surface area contributed by atoms with Gasteiger partial charge in [-0.3, -0.25) is 4.79 Å². The Bertz CT molecular complexity index is 496. The maximum atomic E-state index is 12.4. The quantitative estimate of drug-likeness (QED) is 0.853. The number of benzene rings is 1. The molecule has 2 unspecified atom stereocenters. The van der Waals surface area contributed by atoms with Crippen LogP contribution in [0.1, 0.15) is 37.7 Å². The van der Waals surface area contributed by atoms with Crippen molar-refractivity contribution in [2.75, 3.05) is 7.05 Å². The van der Waals surface area contributed by atoms with Crippen molar-refractivity contribution in [3.05, 3.63) is 34.3 Å². The van der Waals surface area contributed by atoms with Crippen molar-refractivity contribution < 1.29 is 4.79 Å². The van der Waals surface area contributed by atoms with Crippen LogP contribution in [0.5, 0.6) is 0 Å². The second kappa shape index (κ2) is 7.80. The lowest BCUT2D eigenvalue weighted by atomic mass is 9.89. The van der Waals surface area contributed by atoms with Gasteiger partial charge in [-0.2, -0.15) is 0 Å². The van der Waals surface area contributed by atoms with Crippen LogP contribution >= 0.6 is 28.3 Å². The third kappa shape index (κ3) is 4.46. The topological polar surface area (TPSA) is 32.3 Å². The molecule has 0 aliphatic carbocycles.